The Balaban J connectivity index is 2.78. The van der Waals surface area contributed by atoms with E-state index in [-0.39, 0.29) is 18.0 Å². The first-order chi connectivity index (χ1) is 8.15. The number of anilines is 1. The smallest absolute Gasteiger partial charge is 0.343 e. The first-order valence-electron chi connectivity index (χ1n) is 5.04. The summed E-state index contributed by atoms with van der Waals surface area (Å²) in [7, 11) is 0. The van der Waals surface area contributed by atoms with Crippen molar-refractivity contribution < 1.29 is 9.53 Å². The largest absolute Gasteiger partial charge is 0.462 e. The van der Waals surface area contributed by atoms with Gasteiger partial charge >= 0.3 is 5.97 Å². The second-order valence-electron chi connectivity index (χ2n) is 3.05. The molecule has 0 saturated carbocycles. The van der Waals surface area contributed by atoms with Crippen molar-refractivity contribution in [3.8, 4) is 0 Å². The number of amidine groups is 1. The zero-order chi connectivity index (χ0) is 12.7. The molecule has 0 amide bonds. The number of hydrogen-bond acceptors (Lipinski definition) is 5. The Kier molecular flexibility index (Phi) is 4.68. The quantitative estimate of drug-likeness (QED) is 0.304. The lowest BCUT2D eigenvalue weighted by molar-refractivity contribution is -0.137. The summed E-state index contributed by atoms with van der Waals surface area (Å²) in [5, 5.41) is 10.0. The molecule has 0 unspecified atom stereocenters. The van der Waals surface area contributed by atoms with Gasteiger partial charge in [-0.3, -0.25) is 5.41 Å². The number of esters is 1. The highest BCUT2D eigenvalue weighted by Gasteiger charge is 2.13. The first-order valence-corrected chi connectivity index (χ1v) is 5.04. The van der Waals surface area contributed by atoms with E-state index in [0.717, 1.165) is 0 Å². The normalized spacial score (nSPS) is 10.8. The van der Waals surface area contributed by atoms with Crippen LogP contribution < -0.4 is 11.1 Å². The first kappa shape index (κ1) is 12.7. The van der Waals surface area contributed by atoms with Crippen molar-refractivity contribution >= 4 is 17.6 Å². The summed E-state index contributed by atoms with van der Waals surface area (Å²) in [5.74, 6) is -0.439. The molecule has 0 bridgehead atoms. The van der Waals surface area contributed by atoms with E-state index in [2.05, 4.69) is 10.3 Å². The monoisotopic (exact) mass is 234 g/mol. The van der Waals surface area contributed by atoms with Crippen molar-refractivity contribution in [1.29, 1.82) is 5.41 Å². The molecule has 4 N–H and O–H groups in total. The number of nitrogens with zero attached hydrogens (tertiary/aromatic N) is 1. The second-order valence-corrected chi connectivity index (χ2v) is 3.05. The molecule has 1 aromatic rings. The van der Waals surface area contributed by atoms with Gasteiger partial charge in [0.2, 0.25) is 0 Å². The van der Waals surface area contributed by atoms with Gasteiger partial charge in [-0.05, 0) is 19.1 Å². The van der Waals surface area contributed by atoms with Crippen LogP contribution in [-0.2, 0) is 9.53 Å². The molecule has 0 fully saturated rings. The van der Waals surface area contributed by atoms with E-state index in [4.69, 9.17) is 15.9 Å². The summed E-state index contributed by atoms with van der Waals surface area (Å²) >= 11 is 0. The molecule has 6 heteroatoms. The number of ether oxygens (including phenoxy) is 1. The molecule has 0 aliphatic heterocycles. The van der Waals surface area contributed by atoms with E-state index in [1.165, 1.54) is 6.20 Å². The number of pyridine rings is 1. The minimum atomic E-state index is -0.636. The molecule has 0 aliphatic carbocycles. The van der Waals surface area contributed by atoms with E-state index in [1.54, 1.807) is 31.3 Å². The Hall–Kier alpha value is -2.37. The van der Waals surface area contributed by atoms with Gasteiger partial charge < -0.3 is 15.8 Å². The van der Waals surface area contributed by atoms with Crippen LogP contribution in [0.2, 0.25) is 0 Å². The topological polar surface area (TPSA) is 101 Å². The highest BCUT2D eigenvalue weighted by Crippen LogP contribution is 2.03. The lowest BCUT2D eigenvalue weighted by atomic mass is 10.2. The van der Waals surface area contributed by atoms with E-state index >= 15 is 0 Å². The predicted octanol–water partition coefficient (Wildman–Crippen LogP) is 0.876. The number of nitrogens with one attached hydrogen (secondary N) is 2. The fourth-order valence-corrected chi connectivity index (χ4v) is 1.05. The maximum Gasteiger partial charge on any atom is 0.343 e. The molecule has 17 heavy (non-hydrogen) atoms. The average molecular weight is 234 g/mol. The zero-order valence-electron chi connectivity index (χ0n) is 9.43. The second kappa shape index (κ2) is 6.26. The van der Waals surface area contributed by atoms with Gasteiger partial charge in [-0.25, -0.2) is 9.78 Å². The number of carbonyl (C=O) groups is 1. The number of carbonyl (C=O) groups excluding carboxylic acids is 1. The minimum absolute atomic E-state index is 0.0301. The lowest BCUT2D eigenvalue weighted by Crippen LogP contribution is -2.22. The molecule has 0 aliphatic rings. The van der Waals surface area contributed by atoms with E-state index in [0.29, 0.717) is 5.82 Å². The molecular formula is C11H14N4O2. The van der Waals surface area contributed by atoms with Gasteiger partial charge in [-0.15, -0.1) is 0 Å². The van der Waals surface area contributed by atoms with Crippen LogP contribution in [0.4, 0.5) is 5.82 Å². The summed E-state index contributed by atoms with van der Waals surface area (Å²) in [6.45, 7) is 1.91. The standard InChI is InChI=1S/C11H14N4O2/c1-2-17-11(16)8(10(12)13)7-15-9-5-3-4-6-14-9/h3-7H,2H2,1H3,(H3,12,13)(H,14,15)/b8-7+. The van der Waals surface area contributed by atoms with Crippen LogP contribution in [0.1, 0.15) is 6.92 Å². The molecule has 0 radical (unpaired) electrons. The fourth-order valence-electron chi connectivity index (χ4n) is 1.05. The van der Waals surface area contributed by atoms with Gasteiger partial charge in [0.1, 0.15) is 17.2 Å². The molecule has 6 nitrogen and oxygen atoms in total. The number of aromatic nitrogens is 1. The van der Waals surface area contributed by atoms with Crippen molar-refractivity contribution in [2.45, 2.75) is 6.92 Å². The van der Waals surface area contributed by atoms with Crippen molar-refractivity contribution in [1.82, 2.24) is 4.98 Å². The maximum absolute atomic E-state index is 11.4. The van der Waals surface area contributed by atoms with Gasteiger partial charge in [-0.1, -0.05) is 6.07 Å². The third-order valence-corrected chi connectivity index (χ3v) is 1.81. The van der Waals surface area contributed by atoms with Crippen LogP contribution in [-0.4, -0.2) is 23.4 Å². The molecule has 0 spiro atoms. The van der Waals surface area contributed by atoms with Gasteiger partial charge in [-0.2, -0.15) is 0 Å². The van der Waals surface area contributed by atoms with Gasteiger partial charge in [0, 0.05) is 12.4 Å². The van der Waals surface area contributed by atoms with Gasteiger partial charge in [0.15, 0.2) is 0 Å². The number of nitrogens with two attached hydrogens (primary N) is 1. The van der Waals surface area contributed by atoms with Crippen LogP contribution in [0.5, 0.6) is 0 Å². The Bertz CT molecular complexity index is 428. The van der Waals surface area contributed by atoms with Crippen LogP contribution in [0, 0.1) is 5.41 Å². The highest BCUT2D eigenvalue weighted by atomic mass is 16.5. The summed E-state index contributed by atoms with van der Waals surface area (Å²) in [6, 6.07) is 5.28. The summed E-state index contributed by atoms with van der Waals surface area (Å²) in [6.07, 6.45) is 2.91. The molecular weight excluding hydrogens is 220 g/mol. The minimum Gasteiger partial charge on any atom is -0.462 e. The highest BCUT2D eigenvalue weighted by molar-refractivity contribution is 6.17. The zero-order valence-corrected chi connectivity index (χ0v) is 9.43. The third-order valence-electron chi connectivity index (χ3n) is 1.81. The third kappa shape index (κ3) is 3.94. The Morgan fingerprint density at radius 1 is 1.65 bits per heavy atom. The fraction of sp³-hybridized carbons (Fsp3) is 0.182. The summed E-state index contributed by atoms with van der Waals surface area (Å²) in [4.78, 5) is 15.4. The number of hydrogen-bond donors (Lipinski definition) is 3. The van der Waals surface area contributed by atoms with Crippen LogP contribution >= 0.6 is 0 Å². The molecule has 90 valence electrons. The maximum atomic E-state index is 11.4. The molecule has 1 heterocycles. The van der Waals surface area contributed by atoms with Gasteiger partial charge in [0.25, 0.3) is 0 Å². The molecule has 0 saturated heterocycles. The predicted molar refractivity (Wildman–Crippen MR) is 64.5 cm³/mol. The molecule has 1 aromatic heterocycles. The Morgan fingerprint density at radius 2 is 2.41 bits per heavy atom. The molecule has 0 aromatic carbocycles. The summed E-state index contributed by atoms with van der Waals surface area (Å²) in [5.41, 5.74) is 5.26. The molecule has 1 rings (SSSR count). The van der Waals surface area contributed by atoms with Crippen LogP contribution in [0.15, 0.2) is 36.2 Å². The van der Waals surface area contributed by atoms with Gasteiger partial charge in [0.05, 0.1) is 6.61 Å². The average Bonchev–Trinajstić information content (AvgIpc) is 2.30. The van der Waals surface area contributed by atoms with E-state index in [1.807, 2.05) is 0 Å². The van der Waals surface area contributed by atoms with Crippen LogP contribution in [0.25, 0.3) is 0 Å². The Labute approximate surface area is 99.0 Å². The van der Waals surface area contributed by atoms with E-state index < -0.39 is 5.97 Å². The Morgan fingerprint density at radius 3 is 2.94 bits per heavy atom. The van der Waals surface area contributed by atoms with Crippen molar-refractivity contribution in [2.24, 2.45) is 5.73 Å². The van der Waals surface area contributed by atoms with E-state index in [9.17, 15) is 4.79 Å². The number of rotatable bonds is 5. The van der Waals surface area contributed by atoms with Crippen molar-refractivity contribution in [3.63, 3.8) is 0 Å². The summed E-state index contributed by atoms with van der Waals surface area (Å²) < 4.78 is 4.77. The van der Waals surface area contributed by atoms with Crippen molar-refractivity contribution in [2.75, 3.05) is 11.9 Å². The SMILES string of the molecule is CCOC(=O)/C(=C/Nc1ccccn1)C(=N)N. The van der Waals surface area contributed by atoms with Crippen LogP contribution in [0.3, 0.4) is 0 Å². The molecule has 0 atom stereocenters. The lowest BCUT2D eigenvalue weighted by Gasteiger charge is -2.05. The van der Waals surface area contributed by atoms with Crippen molar-refractivity contribution in [3.05, 3.63) is 36.2 Å².